The molecule has 1 unspecified atom stereocenters. The first-order valence-electron chi connectivity index (χ1n) is 6.05. The molecule has 0 aromatic heterocycles. The van der Waals surface area contributed by atoms with E-state index in [-0.39, 0.29) is 24.4 Å². The minimum atomic E-state index is -0.306. The largest absolute Gasteiger partial charge is 0.495 e. The molecule has 0 aliphatic carbocycles. The molecule has 1 aromatic carbocycles. The molecule has 2 rings (SSSR count). The van der Waals surface area contributed by atoms with E-state index in [1.54, 1.807) is 37.3 Å². The molecule has 1 aliphatic rings. The fraction of sp³-hybridized carbons (Fsp3) is 0.462. The van der Waals surface area contributed by atoms with Crippen molar-refractivity contribution in [3.63, 3.8) is 0 Å². The zero-order valence-corrected chi connectivity index (χ0v) is 13.0. The van der Waals surface area contributed by atoms with Crippen molar-refractivity contribution in [1.82, 2.24) is 5.32 Å². The number of likely N-dealkylation sites (N-methyl/N-ethyl adjacent to an activating group) is 1. The van der Waals surface area contributed by atoms with Gasteiger partial charge in [0.15, 0.2) is 0 Å². The standard InChI is InChI=1S/C13H17ClN2O3.ClH/c1-16(13(17)11-8-19-6-5-15-11)9-3-4-12(18-2)10(14)7-9;/h3-4,7,11,15H,5-6,8H2,1-2H3;1H. The predicted molar refractivity (Wildman–Crippen MR) is 81.3 cm³/mol. The Labute approximate surface area is 129 Å². The highest BCUT2D eigenvalue weighted by atomic mass is 35.5. The van der Waals surface area contributed by atoms with Crippen LogP contribution in [0.15, 0.2) is 18.2 Å². The number of rotatable bonds is 3. The van der Waals surface area contributed by atoms with Crippen LogP contribution in [-0.4, -0.2) is 45.9 Å². The molecule has 0 saturated carbocycles. The number of anilines is 1. The number of carbonyl (C=O) groups is 1. The highest BCUT2D eigenvalue weighted by Crippen LogP contribution is 2.28. The second-order valence-corrected chi connectivity index (χ2v) is 4.70. The Morgan fingerprint density at radius 2 is 2.30 bits per heavy atom. The third kappa shape index (κ3) is 3.76. The van der Waals surface area contributed by atoms with Crippen LogP contribution in [0.1, 0.15) is 0 Å². The summed E-state index contributed by atoms with van der Waals surface area (Å²) in [7, 11) is 3.27. The van der Waals surface area contributed by atoms with Gasteiger partial charge in [-0.1, -0.05) is 11.6 Å². The van der Waals surface area contributed by atoms with Gasteiger partial charge in [0, 0.05) is 19.3 Å². The van der Waals surface area contributed by atoms with Gasteiger partial charge in [-0.2, -0.15) is 0 Å². The van der Waals surface area contributed by atoms with Gasteiger partial charge in [0.1, 0.15) is 11.8 Å². The number of methoxy groups -OCH3 is 1. The molecule has 0 bridgehead atoms. The number of nitrogens with one attached hydrogen (secondary N) is 1. The summed E-state index contributed by atoms with van der Waals surface area (Å²) in [6, 6.07) is 4.94. The SMILES string of the molecule is COc1ccc(N(C)C(=O)C2COCCN2)cc1Cl.Cl. The number of nitrogens with zero attached hydrogens (tertiary/aromatic N) is 1. The Morgan fingerprint density at radius 3 is 2.85 bits per heavy atom. The third-order valence-electron chi connectivity index (χ3n) is 3.07. The average molecular weight is 321 g/mol. The summed E-state index contributed by atoms with van der Waals surface area (Å²) in [4.78, 5) is 13.8. The van der Waals surface area contributed by atoms with Gasteiger partial charge in [0.05, 0.1) is 25.3 Å². The van der Waals surface area contributed by atoms with Crippen LogP contribution in [0.25, 0.3) is 0 Å². The molecule has 1 aromatic rings. The molecule has 20 heavy (non-hydrogen) atoms. The highest BCUT2D eigenvalue weighted by molar-refractivity contribution is 6.32. The van der Waals surface area contributed by atoms with E-state index < -0.39 is 0 Å². The van der Waals surface area contributed by atoms with Crippen molar-refractivity contribution >= 4 is 35.6 Å². The minimum Gasteiger partial charge on any atom is -0.495 e. The van der Waals surface area contributed by atoms with E-state index in [4.69, 9.17) is 21.1 Å². The van der Waals surface area contributed by atoms with Gasteiger partial charge in [-0.3, -0.25) is 4.79 Å². The Bertz CT molecular complexity index is 465. The second kappa shape index (κ2) is 7.69. The molecule has 7 heteroatoms. The molecule has 5 nitrogen and oxygen atoms in total. The van der Waals surface area contributed by atoms with Crippen LogP contribution >= 0.6 is 24.0 Å². The van der Waals surface area contributed by atoms with E-state index in [1.807, 2.05) is 0 Å². The van der Waals surface area contributed by atoms with Crippen molar-refractivity contribution in [3.8, 4) is 5.75 Å². The first-order valence-corrected chi connectivity index (χ1v) is 6.43. The monoisotopic (exact) mass is 320 g/mol. The molecule has 1 aliphatic heterocycles. The molecular weight excluding hydrogens is 303 g/mol. The maximum absolute atomic E-state index is 12.3. The van der Waals surface area contributed by atoms with Crippen molar-refractivity contribution < 1.29 is 14.3 Å². The lowest BCUT2D eigenvalue weighted by Gasteiger charge is -2.27. The number of hydrogen-bond donors (Lipinski definition) is 1. The van der Waals surface area contributed by atoms with Gasteiger partial charge in [0.2, 0.25) is 5.91 Å². The van der Waals surface area contributed by atoms with E-state index in [2.05, 4.69) is 5.32 Å². The summed E-state index contributed by atoms with van der Waals surface area (Å²) in [6.07, 6.45) is 0. The fourth-order valence-electron chi connectivity index (χ4n) is 1.95. The summed E-state index contributed by atoms with van der Waals surface area (Å²) < 4.78 is 10.4. The molecule has 1 fully saturated rings. The molecule has 0 spiro atoms. The third-order valence-corrected chi connectivity index (χ3v) is 3.37. The van der Waals surface area contributed by atoms with Crippen molar-refractivity contribution in [2.75, 3.05) is 38.8 Å². The van der Waals surface area contributed by atoms with E-state index >= 15 is 0 Å². The summed E-state index contributed by atoms with van der Waals surface area (Å²) >= 11 is 6.06. The van der Waals surface area contributed by atoms with E-state index in [9.17, 15) is 4.79 Å². The zero-order chi connectivity index (χ0) is 13.8. The first kappa shape index (κ1) is 17.0. The van der Waals surface area contributed by atoms with Crippen LogP contribution in [0.2, 0.25) is 5.02 Å². The van der Waals surface area contributed by atoms with Gasteiger partial charge in [-0.15, -0.1) is 12.4 Å². The maximum atomic E-state index is 12.3. The molecule has 112 valence electrons. The number of ether oxygens (including phenoxy) is 2. The Hall–Kier alpha value is -1.01. The van der Waals surface area contributed by atoms with E-state index in [0.717, 1.165) is 5.69 Å². The summed E-state index contributed by atoms with van der Waals surface area (Å²) in [5, 5.41) is 3.61. The Balaban J connectivity index is 0.00000200. The molecule has 0 radical (unpaired) electrons. The van der Waals surface area contributed by atoms with Gasteiger partial charge < -0.3 is 19.7 Å². The van der Waals surface area contributed by atoms with Crippen molar-refractivity contribution in [2.45, 2.75) is 6.04 Å². The van der Waals surface area contributed by atoms with Crippen LogP contribution < -0.4 is 15.0 Å². The second-order valence-electron chi connectivity index (χ2n) is 4.30. The smallest absolute Gasteiger partial charge is 0.246 e. The molecular formula is C13H18Cl2N2O3. The number of amides is 1. The molecule has 1 N–H and O–H groups in total. The lowest BCUT2D eigenvalue weighted by molar-refractivity contribution is -0.123. The summed E-state index contributed by atoms with van der Waals surface area (Å²) in [5.41, 5.74) is 0.725. The minimum absolute atomic E-state index is 0. The normalized spacial score (nSPS) is 18.1. The van der Waals surface area contributed by atoms with Crippen LogP contribution in [-0.2, 0) is 9.53 Å². The number of hydrogen-bond acceptors (Lipinski definition) is 4. The topological polar surface area (TPSA) is 50.8 Å². The van der Waals surface area contributed by atoms with Crippen molar-refractivity contribution in [2.24, 2.45) is 0 Å². The van der Waals surface area contributed by atoms with Crippen molar-refractivity contribution in [1.29, 1.82) is 0 Å². The number of benzene rings is 1. The summed E-state index contributed by atoms with van der Waals surface area (Å²) in [5.74, 6) is 0.548. The lowest BCUT2D eigenvalue weighted by atomic mass is 10.2. The molecule has 1 saturated heterocycles. The zero-order valence-electron chi connectivity index (χ0n) is 11.4. The first-order chi connectivity index (χ1) is 9.13. The highest BCUT2D eigenvalue weighted by Gasteiger charge is 2.25. The Kier molecular flexibility index (Phi) is 6.55. The lowest BCUT2D eigenvalue weighted by Crippen LogP contribution is -2.51. The van der Waals surface area contributed by atoms with Gasteiger partial charge in [-0.25, -0.2) is 0 Å². The van der Waals surface area contributed by atoms with Crippen LogP contribution in [0.3, 0.4) is 0 Å². The fourth-order valence-corrected chi connectivity index (χ4v) is 2.20. The molecule has 1 heterocycles. The average Bonchev–Trinajstić information content (AvgIpc) is 2.46. The predicted octanol–water partition coefficient (Wildman–Crippen LogP) is 1.72. The number of morpholine rings is 1. The van der Waals surface area contributed by atoms with Crippen molar-refractivity contribution in [3.05, 3.63) is 23.2 Å². The van der Waals surface area contributed by atoms with Crippen LogP contribution in [0.4, 0.5) is 5.69 Å². The molecule has 1 atom stereocenters. The van der Waals surface area contributed by atoms with E-state index in [1.165, 1.54) is 0 Å². The van der Waals surface area contributed by atoms with E-state index in [0.29, 0.717) is 30.5 Å². The van der Waals surface area contributed by atoms with Gasteiger partial charge >= 0.3 is 0 Å². The van der Waals surface area contributed by atoms with Crippen LogP contribution in [0.5, 0.6) is 5.75 Å². The number of halogens is 2. The number of carbonyl (C=O) groups excluding carboxylic acids is 1. The quantitative estimate of drug-likeness (QED) is 0.921. The maximum Gasteiger partial charge on any atom is 0.246 e. The van der Waals surface area contributed by atoms with Gasteiger partial charge in [-0.05, 0) is 18.2 Å². The summed E-state index contributed by atoms with van der Waals surface area (Å²) in [6.45, 7) is 1.72. The Morgan fingerprint density at radius 1 is 1.55 bits per heavy atom. The molecule has 1 amide bonds. The van der Waals surface area contributed by atoms with Crippen LogP contribution in [0, 0.1) is 0 Å². The van der Waals surface area contributed by atoms with Gasteiger partial charge in [0.25, 0.3) is 0 Å².